The highest BCUT2D eigenvalue weighted by molar-refractivity contribution is 5.85. The normalized spacial score (nSPS) is 15.3. The molecule has 1 heterocycles. The van der Waals surface area contributed by atoms with Crippen LogP contribution in [0.1, 0.15) is 32.3 Å². The van der Waals surface area contributed by atoms with Gasteiger partial charge in [0, 0.05) is 26.3 Å². The third kappa shape index (κ3) is 8.97. The van der Waals surface area contributed by atoms with Gasteiger partial charge in [0.25, 0.3) is 0 Å². The lowest BCUT2D eigenvalue weighted by molar-refractivity contribution is -0.124. The Kier molecular flexibility index (Phi) is 14.3. The van der Waals surface area contributed by atoms with E-state index in [-0.39, 0.29) is 36.6 Å². The molecule has 1 fully saturated rings. The molecule has 1 aromatic carbocycles. The second kappa shape index (κ2) is 14.9. The number of nitrogens with zero attached hydrogens (tertiary/aromatic N) is 1. The van der Waals surface area contributed by atoms with Gasteiger partial charge in [0.2, 0.25) is 5.91 Å². The van der Waals surface area contributed by atoms with E-state index in [1.807, 2.05) is 24.3 Å². The molecule has 2 rings (SSSR count). The number of halogens is 2. The van der Waals surface area contributed by atoms with Crippen LogP contribution in [0.5, 0.6) is 5.75 Å². The Morgan fingerprint density at radius 1 is 1.21 bits per heavy atom. The summed E-state index contributed by atoms with van der Waals surface area (Å²) in [4.78, 5) is 14.6. The number of carbonyl (C=O) groups is 1. The number of ether oxygens (including phenoxy) is 2. The van der Waals surface area contributed by atoms with E-state index in [1.165, 1.54) is 0 Å². The number of carbonyl (C=O) groups excluding carboxylic acids is 1. The van der Waals surface area contributed by atoms with Crippen molar-refractivity contribution >= 4 is 30.7 Å². The second-order valence-electron chi connectivity index (χ2n) is 6.71. The zero-order chi connectivity index (χ0) is 18.8. The molecule has 1 aliphatic heterocycles. The molecule has 0 saturated carbocycles. The van der Waals surface area contributed by atoms with Crippen molar-refractivity contribution in [1.29, 1.82) is 0 Å². The molecule has 1 amide bonds. The number of nitrogens with two attached hydrogens (primary N) is 1. The van der Waals surface area contributed by atoms with Gasteiger partial charge in [0.1, 0.15) is 12.4 Å². The van der Waals surface area contributed by atoms with Gasteiger partial charge in [0.15, 0.2) is 0 Å². The second-order valence-corrected chi connectivity index (χ2v) is 6.71. The zero-order valence-electron chi connectivity index (χ0n) is 16.9. The van der Waals surface area contributed by atoms with Crippen LogP contribution in [-0.4, -0.2) is 56.3 Å². The highest BCUT2D eigenvalue weighted by Gasteiger charge is 2.26. The van der Waals surface area contributed by atoms with E-state index in [9.17, 15) is 4.79 Å². The number of hydrogen-bond acceptors (Lipinski definition) is 5. The van der Waals surface area contributed by atoms with Crippen LogP contribution in [-0.2, 0) is 16.1 Å². The van der Waals surface area contributed by atoms with Gasteiger partial charge >= 0.3 is 0 Å². The maximum absolute atomic E-state index is 12.2. The summed E-state index contributed by atoms with van der Waals surface area (Å²) in [6.45, 7) is 9.86. The van der Waals surface area contributed by atoms with Crippen molar-refractivity contribution in [2.24, 2.45) is 11.7 Å². The van der Waals surface area contributed by atoms with Crippen LogP contribution in [0.4, 0.5) is 0 Å². The van der Waals surface area contributed by atoms with E-state index >= 15 is 0 Å². The van der Waals surface area contributed by atoms with Crippen LogP contribution in [0.25, 0.3) is 0 Å². The molecule has 162 valence electrons. The van der Waals surface area contributed by atoms with Gasteiger partial charge in [-0.2, -0.15) is 0 Å². The summed E-state index contributed by atoms with van der Waals surface area (Å²) in [5, 5.41) is 2.94. The van der Waals surface area contributed by atoms with Crippen LogP contribution < -0.4 is 15.8 Å². The molecule has 3 N–H and O–H groups in total. The first-order valence-electron chi connectivity index (χ1n) is 9.69. The monoisotopic (exact) mass is 435 g/mol. The summed E-state index contributed by atoms with van der Waals surface area (Å²) < 4.78 is 11.1. The number of amides is 1. The molecule has 0 radical (unpaired) electrons. The first-order chi connectivity index (χ1) is 12.6. The minimum absolute atomic E-state index is 0. The molecule has 6 nitrogen and oxygen atoms in total. The van der Waals surface area contributed by atoms with Crippen molar-refractivity contribution in [3.05, 3.63) is 29.8 Å². The third-order valence-electron chi connectivity index (χ3n) is 5.04. The van der Waals surface area contributed by atoms with E-state index in [2.05, 4.69) is 24.1 Å². The van der Waals surface area contributed by atoms with Crippen molar-refractivity contribution in [1.82, 2.24) is 10.2 Å². The molecule has 1 saturated heterocycles. The predicted octanol–water partition coefficient (Wildman–Crippen LogP) is 2.62. The predicted molar refractivity (Wildman–Crippen MR) is 118 cm³/mol. The Hall–Kier alpha value is -1.05. The molecular formula is C20H35Cl2N3O3. The summed E-state index contributed by atoms with van der Waals surface area (Å²) in [7, 11) is 0. The Balaban J connectivity index is 0.00000364. The quantitative estimate of drug-likeness (QED) is 0.590. The number of hydrogen-bond donors (Lipinski definition) is 2. The van der Waals surface area contributed by atoms with Gasteiger partial charge in [-0.1, -0.05) is 26.0 Å². The fourth-order valence-electron chi connectivity index (χ4n) is 3.13. The number of benzene rings is 1. The molecule has 0 spiro atoms. The molecular weight excluding hydrogens is 401 g/mol. The van der Waals surface area contributed by atoms with Crippen LogP contribution in [0, 0.1) is 5.92 Å². The Morgan fingerprint density at radius 3 is 2.39 bits per heavy atom. The number of nitrogens with one attached hydrogen (secondary N) is 1. The van der Waals surface area contributed by atoms with E-state index in [4.69, 9.17) is 15.2 Å². The lowest BCUT2D eigenvalue weighted by Gasteiger charge is -2.26. The molecule has 1 unspecified atom stereocenters. The SMILES string of the molecule is CCN(CC)CCOc1ccc(CNC(=O)C(N)C2CCOCC2)cc1.Cl.Cl. The van der Waals surface area contributed by atoms with Crippen LogP contribution >= 0.6 is 24.8 Å². The maximum atomic E-state index is 12.2. The molecule has 1 aromatic rings. The van der Waals surface area contributed by atoms with E-state index in [0.717, 1.165) is 43.8 Å². The summed E-state index contributed by atoms with van der Waals surface area (Å²) in [5.41, 5.74) is 7.13. The first-order valence-corrected chi connectivity index (χ1v) is 9.69. The lowest BCUT2D eigenvalue weighted by Crippen LogP contribution is -2.46. The fraction of sp³-hybridized carbons (Fsp3) is 0.650. The van der Waals surface area contributed by atoms with E-state index < -0.39 is 6.04 Å². The van der Waals surface area contributed by atoms with E-state index in [1.54, 1.807) is 0 Å². The van der Waals surface area contributed by atoms with Gasteiger partial charge in [-0.3, -0.25) is 4.79 Å². The summed E-state index contributed by atoms with van der Waals surface area (Å²) in [6.07, 6.45) is 1.71. The largest absolute Gasteiger partial charge is 0.492 e. The van der Waals surface area contributed by atoms with Gasteiger partial charge in [-0.25, -0.2) is 0 Å². The van der Waals surface area contributed by atoms with E-state index in [0.29, 0.717) is 26.4 Å². The van der Waals surface area contributed by atoms with Crippen molar-refractivity contribution < 1.29 is 14.3 Å². The summed E-state index contributed by atoms with van der Waals surface area (Å²) in [5.74, 6) is 0.980. The van der Waals surface area contributed by atoms with Gasteiger partial charge in [0.05, 0.1) is 6.04 Å². The molecule has 0 aromatic heterocycles. The van der Waals surface area contributed by atoms with Crippen LogP contribution in [0.2, 0.25) is 0 Å². The minimum atomic E-state index is -0.457. The molecule has 0 aliphatic carbocycles. The average molecular weight is 436 g/mol. The third-order valence-corrected chi connectivity index (χ3v) is 5.04. The van der Waals surface area contributed by atoms with Crippen molar-refractivity contribution in [3.8, 4) is 5.75 Å². The van der Waals surface area contributed by atoms with Crippen LogP contribution in [0.3, 0.4) is 0 Å². The van der Waals surface area contributed by atoms with Crippen molar-refractivity contribution in [3.63, 3.8) is 0 Å². The van der Waals surface area contributed by atoms with Crippen molar-refractivity contribution in [2.75, 3.05) is 39.5 Å². The standard InChI is InChI=1S/C20H33N3O3.2ClH/c1-3-23(4-2)11-14-26-18-7-5-16(6-8-18)15-22-20(24)19(21)17-9-12-25-13-10-17;;/h5-8,17,19H,3-4,9-15,21H2,1-2H3,(H,22,24);2*1H. The Bertz CT molecular complexity index is 536. The van der Waals surface area contributed by atoms with Crippen molar-refractivity contribution in [2.45, 2.75) is 39.3 Å². The van der Waals surface area contributed by atoms with Gasteiger partial charge in [-0.15, -0.1) is 24.8 Å². The molecule has 1 atom stereocenters. The number of rotatable bonds is 10. The topological polar surface area (TPSA) is 76.8 Å². The highest BCUT2D eigenvalue weighted by atomic mass is 35.5. The molecule has 0 bridgehead atoms. The Labute approximate surface area is 181 Å². The average Bonchev–Trinajstić information content (AvgIpc) is 2.70. The smallest absolute Gasteiger partial charge is 0.237 e. The lowest BCUT2D eigenvalue weighted by atomic mass is 9.92. The van der Waals surface area contributed by atoms with Gasteiger partial charge in [-0.05, 0) is 49.5 Å². The molecule has 8 heteroatoms. The minimum Gasteiger partial charge on any atom is -0.492 e. The highest BCUT2D eigenvalue weighted by Crippen LogP contribution is 2.18. The Morgan fingerprint density at radius 2 is 1.82 bits per heavy atom. The summed E-state index contributed by atoms with van der Waals surface area (Å²) >= 11 is 0. The first kappa shape index (κ1) is 27.0. The summed E-state index contributed by atoms with van der Waals surface area (Å²) in [6, 6.07) is 7.39. The van der Waals surface area contributed by atoms with Gasteiger partial charge < -0.3 is 25.4 Å². The zero-order valence-corrected chi connectivity index (χ0v) is 18.5. The van der Waals surface area contributed by atoms with Crippen LogP contribution in [0.15, 0.2) is 24.3 Å². The number of likely N-dealkylation sites (N-methyl/N-ethyl adjacent to an activating group) is 1. The fourth-order valence-corrected chi connectivity index (χ4v) is 3.13. The molecule has 1 aliphatic rings. The maximum Gasteiger partial charge on any atom is 0.237 e. The molecule has 28 heavy (non-hydrogen) atoms.